The molecule has 0 amide bonds. The molecule has 0 N–H and O–H groups in total. The smallest absolute Gasteiger partial charge is 0.238 e. The van der Waals surface area contributed by atoms with Gasteiger partial charge in [-0.1, -0.05) is 54.1 Å². The predicted octanol–water partition coefficient (Wildman–Crippen LogP) is 4.96. The highest BCUT2D eigenvalue weighted by Gasteiger charge is 2.31. The lowest BCUT2D eigenvalue weighted by molar-refractivity contribution is 0.174. The lowest BCUT2D eigenvalue weighted by atomic mass is 10.00. The summed E-state index contributed by atoms with van der Waals surface area (Å²) < 4.78 is 15.6. The second-order valence-electron chi connectivity index (χ2n) is 8.86. The van der Waals surface area contributed by atoms with E-state index >= 15 is 0 Å². The van der Waals surface area contributed by atoms with E-state index in [0.29, 0.717) is 36.4 Å². The molecular weight excluding hydrogens is 476 g/mol. The Morgan fingerprint density at radius 2 is 1.97 bits per heavy atom. The number of aliphatic imine (C=N–C) groups is 1. The Bertz CT molecular complexity index is 1670. The number of imidazole rings is 1. The molecule has 8 nitrogen and oxygen atoms in total. The van der Waals surface area contributed by atoms with Gasteiger partial charge in [0.25, 0.3) is 0 Å². The topological polar surface area (TPSA) is 79.3 Å². The number of methoxy groups -OCH3 is 1. The van der Waals surface area contributed by atoms with E-state index in [-0.39, 0.29) is 6.04 Å². The standard InChI is InChI=1S/C27H21ClN6O2/c1-35-14-24-31-32-26-20-11-17(28)9-10-22(20)34-15-29-25(23(34)12-33(24)26)27-30-21(13-36-27)19-8-4-6-16-5-2-3-7-18(16)19/h2-11,15,21H,12-14H2,1H3. The Balaban J connectivity index is 1.36. The zero-order valence-electron chi connectivity index (χ0n) is 19.4. The number of rotatable bonds is 4. The van der Waals surface area contributed by atoms with E-state index in [1.54, 1.807) is 7.11 Å². The van der Waals surface area contributed by atoms with Crippen molar-refractivity contribution in [2.45, 2.75) is 19.2 Å². The van der Waals surface area contributed by atoms with Crippen LogP contribution in [0.15, 0.2) is 72.0 Å². The minimum absolute atomic E-state index is 0.102. The number of benzene rings is 3. The second kappa shape index (κ2) is 8.29. The first-order valence-corrected chi connectivity index (χ1v) is 12.0. The van der Waals surface area contributed by atoms with Crippen LogP contribution in [0.1, 0.15) is 28.8 Å². The Kier molecular flexibility index (Phi) is 4.90. The Morgan fingerprint density at radius 1 is 1.08 bits per heavy atom. The monoisotopic (exact) mass is 496 g/mol. The molecule has 2 aromatic heterocycles. The van der Waals surface area contributed by atoms with Crippen LogP contribution in [0.3, 0.4) is 0 Å². The number of hydrogen-bond donors (Lipinski definition) is 0. The van der Waals surface area contributed by atoms with Gasteiger partial charge in [-0.05, 0) is 34.5 Å². The first-order valence-electron chi connectivity index (χ1n) is 11.7. The summed E-state index contributed by atoms with van der Waals surface area (Å²) in [4.78, 5) is 9.75. The molecule has 178 valence electrons. The fourth-order valence-electron chi connectivity index (χ4n) is 5.10. The second-order valence-corrected chi connectivity index (χ2v) is 9.30. The van der Waals surface area contributed by atoms with Crippen molar-refractivity contribution in [3.63, 3.8) is 0 Å². The fourth-order valence-corrected chi connectivity index (χ4v) is 5.27. The van der Waals surface area contributed by atoms with Gasteiger partial charge in [0.05, 0.1) is 17.9 Å². The number of ether oxygens (including phenoxy) is 2. The average Bonchev–Trinajstić information content (AvgIpc) is 3.62. The van der Waals surface area contributed by atoms with Crippen LogP contribution in [0.25, 0.3) is 27.8 Å². The summed E-state index contributed by atoms with van der Waals surface area (Å²) in [5, 5.41) is 11.8. The Morgan fingerprint density at radius 3 is 2.89 bits per heavy atom. The quantitative estimate of drug-likeness (QED) is 0.344. The van der Waals surface area contributed by atoms with Crippen molar-refractivity contribution in [1.82, 2.24) is 24.3 Å². The Labute approximate surface area is 211 Å². The molecule has 5 aromatic rings. The first kappa shape index (κ1) is 21.3. The highest BCUT2D eigenvalue weighted by atomic mass is 35.5. The molecule has 3 aromatic carbocycles. The molecular formula is C27H21ClN6O2. The lowest BCUT2D eigenvalue weighted by Crippen LogP contribution is -2.13. The van der Waals surface area contributed by atoms with Crippen molar-refractivity contribution in [3.8, 4) is 17.1 Å². The van der Waals surface area contributed by atoms with Crippen LogP contribution in [0.5, 0.6) is 0 Å². The van der Waals surface area contributed by atoms with E-state index in [0.717, 1.165) is 34.2 Å². The molecule has 36 heavy (non-hydrogen) atoms. The number of aromatic nitrogens is 5. The van der Waals surface area contributed by atoms with Crippen LogP contribution in [-0.2, 0) is 22.6 Å². The van der Waals surface area contributed by atoms with Gasteiger partial charge in [-0.15, -0.1) is 10.2 Å². The maximum atomic E-state index is 6.37. The van der Waals surface area contributed by atoms with Crippen LogP contribution >= 0.6 is 11.6 Å². The molecule has 0 spiro atoms. The number of fused-ring (bicyclic) bond motifs is 6. The van der Waals surface area contributed by atoms with Crippen molar-refractivity contribution in [2.75, 3.05) is 13.7 Å². The third kappa shape index (κ3) is 3.26. The highest BCUT2D eigenvalue weighted by molar-refractivity contribution is 6.31. The minimum atomic E-state index is -0.102. The average molecular weight is 497 g/mol. The first-order chi connectivity index (χ1) is 17.7. The Hall–Kier alpha value is -4.01. The van der Waals surface area contributed by atoms with Gasteiger partial charge < -0.3 is 14.0 Å². The van der Waals surface area contributed by atoms with Gasteiger partial charge in [0.1, 0.15) is 31.3 Å². The summed E-state index contributed by atoms with van der Waals surface area (Å²) in [5.41, 5.74) is 4.60. The summed E-state index contributed by atoms with van der Waals surface area (Å²) in [7, 11) is 1.65. The van der Waals surface area contributed by atoms with Crippen molar-refractivity contribution < 1.29 is 9.47 Å². The molecule has 1 atom stereocenters. The van der Waals surface area contributed by atoms with Gasteiger partial charge in [-0.2, -0.15) is 0 Å². The summed E-state index contributed by atoms with van der Waals surface area (Å²) in [5.74, 6) is 2.00. The zero-order valence-corrected chi connectivity index (χ0v) is 20.2. The molecule has 0 radical (unpaired) electrons. The number of halogens is 1. The van der Waals surface area contributed by atoms with E-state index in [4.69, 9.17) is 31.1 Å². The molecule has 2 aliphatic heterocycles. The third-order valence-electron chi connectivity index (χ3n) is 6.77. The largest absolute Gasteiger partial charge is 0.474 e. The molecule has 2 aliphatic rings. The van der Waals surface area contributed by atoms with Gasteiger partial charge in [-0.3, -0.25) is 4.57 Å². The van der Waals surface area contributed by atoms with E-state index in [1.165, 1.54) is 10.8 Å². The van der Waals surface area contributed by atoms with Crippen molar-refractivity contribution in [3.05, 3.63) is 94.8 Å². The van der Waals surface area contributed by atoms with Crippen LogP contribution in [-0.4, -0.2) is 43.9 Å². The third-order valence-corrected chi connectivity index (χ3v) is 7.01. The van der Waals surface area contributed by atoms with Crippen LogP contribution in [0, 0.1) is 0 Å². The van der Waals surface area contributed by atoms with Gasteiger partial charge in [0.2, 0.25) is 5.90 Å². The molecule has 1 unspecified atom stereocenters. The molecule has 0 saturated carbocycles. The summed E-state index contributed by atoms with van der Waals surface area (Å²) in [6.07, 6.45) is 1.81. The number of nitrogens with zero attached hydrogens (tertiary/aromatic N) is 6. The van der Waals surface area contributed by atoms with E-state index in [9.17, 15) is 0 Å². The normalized spacial score (nSPS) is 16.2. The fraction of sp³-hybridized carbons (Fsp3) is 0.185. The van der Waals surface area contributed by atoms with Gasteiger partial charge in [0, 0.05) is 17.7 Å². The predicted molar refractivity (Wildman–Crippen MR) is 137 cm³/mol. The molecule has 7 rings (SSSR count). The molecule has 0 saturated heterocycles. The van der Waals surface area contributed by atoms with Crippen LogP contribution in [0.2, 0.25) is 5.02 Å². The van der Waals surface area contributed by atoms with Crippen LogP contribution < -0.4 is 0 Å². The van der Waals surface area contributed by atoms with Crippen molar-refractivity contribution in [1.29, 1.82) is 0 Å². The van der Waals surface area contributed by atoms with Gasteiger partial charge in [0.15, 0.2) is 11.6 Å². The maximum absolute atomic E-state index is 6.37. The molecule has 0 bridgehead atoms. The molecule has 4 heterocycles. The number of hydrogen-bond acceptors (Lipinski definition) is 6. The molecule has 0 aliphatic carbocycles. The van der Waals surface area contributed by atoms with Crippen molar-refractivity contribution in [2.24, 2.45) is 4.99 Å². The minimum Gasteiger partial charge on any atom is -0.474 e. The molecule has 0 fully saturated rings. The summed E-state index contributed by atoms with van der Waals surface area (Å²) in [6, 6.07) is 20.3. The summed E-state index contributed by atoms with van der Waals surface area (Å²) in [6.45, 7) is 1.30. The SMILES string of the molecule is COCc1nnc2n1Cc1c(C3=NC(c4cccc5ccccc45)CO3)ncn1-c1ccc(Cl)cc1-2. The molecule has 9 heteroatoms. The summed E-state index contributed by atoms with van der Waals surface area (Å²) >= 11 is 6.37. The lowest BCUT2D eigenvalue weighted by Gasteiger charge is -2.09. The van der Waals surface area contributed by atoms with E-state index in [1.807, 2.05) is 29.1 Å². The van der Waals surface area contributed by atoms with Gasteiger partial charge >= 0.3 is 0 Å². The maximum Gasteiger partial charge on any atom is 0.238 e. The highest BCUT2D eigenvalue weighted by Crippen LogP contribution is 2.36. The van der Waals surface area contributed by atoms with E-state index < -0.39 is 0 Å². The zero-order chi connectivity index (χ0) is 24.2. The van der Waals surface area contributed by atoms with Crippen molar-refractivity contribution >= 4 is 28.3 Å². The van der Waals surface area contributed by atoms with E-state index in [2.05, 4.69) is 57.2 Å². The van der Waals surface area contributed by atoms with Crippen LogP contribution in [0.4, 0.5) is 0 Å². The van der Waals surface area contributed by atoms with Gasteiger partial charge in [-0.25, -0.2) is 9.98 Å².